The molecule has 0 amide bonds. The second-order valence-corrected chi connectivity index (χ2v) is 8.12. The van der Waals surface area contributed by atoms with Gasteiger partial charge in [0.2, 0.25) is 0 Å². The second kappa shape index (κ2) is 13.7. The molecular formula is C25H42N2. The fraction of sp³-hybridized carbons (Fsp3) is 0.680. The summed E-state index contributed by atoms with van der Waals surface area (Å²) in [5.41, 5.74) is 1.40. The van der Waals surface area contributed by atoms with Gasteiger partial charge in [-0.1, -0.05) is 108 Å². The molecule has 27 heavy (non-hydrogen) atoms. The van der Waals surface area contributed by atoms with Crippen molar-refractivity contribution >= 4 is 0 Å². The van der Waals surface area contributed by atoms with Crippen LogP contribution in [0, 0.1) is 0 Å². The van der Waals surface area contributed by atoms with Gasteiger partial charge in [-0.15, -0.1) is 0 Å². The highest BCUT2D eigenvalue weighted by Crippen LogP contribution is 2.22. The molecule has 0 saturated heterocycles. The lowest BCUT2D eigenvalue weighted by molar-refractivity contribution is 0.140. The summed E-state index contributed by atoms with van der Waals surface area (Å²) in [5, 5.41) is 0. The summed E-state index contributed by atoms with van der Waals surface area (Å²) in [6, 6.07) is 10.8. The Morgan fingerprint density at radius 2 is 1.22 bits per heavy atom. The molecule has 1 aliphatic rings. The number of nitrogens with zero attached hydrogens (tertiary/aromatic N) is 2. The summed E-state index contributed by atoms with van der Waals surface area (Å²) in [7, 11) is 0. The lowest BCUT2D eigenvalue weighted by Gasteiger charge is -2.32. The van der Waals surface area contributed by atoms with E-state index in [0.29, 0.717) is 6.17 Å². The van der Waals surface area contributed by atoms with Crippen LogP contribution >= 0.6 is 0 Å². The molecule has 2 rings (SSSR count). The SMILES string of the molecule is CCCCCCCCCCCCCN1C=CN(Cc2ccccc2)C1CC. The highest BCUT2D eigenvalue weighted by Gasteiger charge is 2.23. The van der Waals surface area contributed by atoms with Crippen molar-refractivity contribution < 1.29 is 0 Å². The van der Waals surface area contributed by atoms with Gasteiger partial charge in [-0.25, -0.2) is 0 Å². The normalized spacial score (nSPS) is 16.4. The van der Waals surface area contributed by atoms with Gasteiger partial charge in [0.15, 0.2) is 0 Å². The lowest BCUT2D eigenvalue weighted by atomic mass is 10.1. The first-order chi connectivity index (χ1) is 13.3. The fourth-order valence-electron chi connectivity index (χ4n) is 4.16. The maximum atomic E-state index is 2.55. The van der Waals surface area contributed by atoms with Crippen LogP contribution in [0.4, 0.5) is 0 Å². The third kappa shape index (κ3) is 8.41. The molecule has 0 spiro atoms. The molecule has 0 saturated carbocycles. The van der Waals surface area contributed by atoms with Gasteiger partial charge in [-0.3, -0.25) is 0 Å². The van der Waals surface area contributed by atoms with E-state index in [2.05, 4.69) is 66.4 Å². The molecule has 2 heteroatoms. The van der Waals surface area contributed by atoms with Gasteiger partial charge in [-0.05, 0) is 18.4 Å². The zero-order valence-corrected chi connectivity index (χ0v) is 17.9. The van der Waals surface area contributed by atoms with Crippen LogP contribution in [0.15, 0.2) is 42.7 Å². The Bertz CT molecular complexity index is 496. The van der Waals surface area contributed by atoms with Crippen LogP contribution in [-0.4, -0.2) is 22.5 Å². The molecule has 1 aromatic carbocycles. The van der Waals surface area contributed by atoms with E-state index in [0.717, 1.165) is 6.54 Å². The minimum absolute atomic E-state index is 0.535. The molecule has 0 N–H and O–H groups in total. The number of unbranched alkanes of at least 4 members (excludes halogenated alkanes) is 10. The quantitative estimate of drug-likeness (QED) is 0.298. The predicted molar refractivity (Wildman–Crippen MR) is 118 cm³/mol. The molecule has 152 valence electrons. The maximum Gasteiger partial charge on any atom is 0.101 e. The molecule has 1 unspecified atom stereocenters. The van der Waals surface area contributed by atoms with Crippen LogP contribution in [0.5, 0.6) is 0 Å². The van der Waals surface area contributed by atoms with Gasteiger partial charge in [-0.2, -0.15) is 0 Å². The zero-order valence-electron chi connectivity index (χ0n) is 17.9. The van der Waals surface area contributed by atoms with E-state index in [4.69, 9.17) is 0 Å². The average Bonchev–Trinajstić information content (AvgIpc) is 3.08. The van der Waals surface area contributed by atoms with Gasteiger partial charge < -0.3 is 9.80 Å². The molecule has 1 atom stereocenters. The molecule has 1 aliphatic heterocycles. The third-order valence-electron chi connectivity index (χ3n) is 5.81. The summed E-state index contributed by atoms with van der Waals surface area (Å²) in [6.07, 6.45) is 21.9. The second-order valence-electron chi connectivity index (χ2n) is 8.12. The van der Waals surface area contributed by atoms with Crippen molar-refractivity contribution in [3.05, 3.63) is 48.3 Å². The van der Waals surface area contributed by atoms with E-state index in [9.17, 15) is 0 Å². The Morgan fingerprint density at radius 3 is 1.81 bits per heavy atom. The first-order valence-corrected chi connectivity index (χ1v) is 11.6. The third-order valence-corrected chi connectivity index (χ3v) is 5.81. The zero-order chi connectivity index (χ0) is 19.2. The molecule has 2 nitrogen and oxygen atoms in total. The van der Waals surface area contributed by atoms with Crippen LogP contribution in [0.25, 0.3) is 0 Å². The summed E-state index contributed by atoms with van der Waals surface area (Å²) >= 11 is 0. The topological polar surface area (TPSA) is 6.48 Å². The molecule has 0 bridgehead atoms. The van der Waals surface area contributed by atoms with Gasteiger partial charge in [0.25, 0.3) is 0 Å². The van der Waals surface area contributed by atoms with Crippen molar-refractivity contribution in [2.75, 3.05) is 6.54 Å². The Hall–Kier alpha value is -1.44. The van der Waals surface area contributed by atoms with E-state index in [1.54, 1.807) is 0 Å². The Kier molecular flexibility index (Phi) is 11.1. The van der Waals surface area contributed by atoms with Crippen molar-refractivity contribution in [3.8, 4) is 0 Å². The lowest BCUT2D eigenvalue weighted by Crippen LogP contribution is -2.38. The average molecular weight is 371 g/mol. The van der Waals surface area contributed by atoms with Crippen LogP contribution in [0.3, 0.4) is 0 Å². The molecule has 1 heterocycles. The minimum atomic E-state index is 0.535. The monoisotopic (exact) mass is 370 g/mol. The van der Waals surface area contributed by atoms with Gasteiger partial charge in [0, 0.05) is 25.5 Å². The van der Waals surface area contributed by atoms with Gasteiger partial charge in [0.1, 0.15) is 6.17 Å². The minimum Gasteiger partial charge on any atom is -0.356 e. The van der Waals surface area contributed by atoms with E-state index >= 15 is 0 Å². The highest BCUT2D eigenvalue weighted by atomic mass is 15.4. The summed E-state index contributed by atoms with van der Waals surface area (Å²) in [5.74, 6) is 0. The Labute approximate surface area is 168 Å². The molecule has 1 aromatic rings. The van der Waals surface area contributed by atoms with Gasteiger partial charge >= 0.3 is 0 Å². The largest absolute Gasteiger partial charge is 0.356 e. The smallest absolute Gasteiger partial charge is 0.101 e. The highest BCUT2D eigenvalue weighted by molar-refractivity contribution is 5.15. The molecular weight excluding hydrogens is 328 g/mol. The van der Waals surface area contributed by atoms with Crippen molar-refractivity contribution in [3.63, 3.8) is 0 Å². The fourth-order valence-corrected chi connectivity index (χ4v) is 4.16. The Balaban J connectivity index is 1.52. The van der Waals surface area contributed by atoms with Crippen molar-refractivity contribution in [2.45, 2.75) is 104 Å². The maximum absolute atomic E-state index is 2.55. The van der Waals surface area contributed by atoms with Crippen LogP contribution in [0.2, 0.25) is 0 Å². The first-order valence-electron chi connectivity index (χ1n) is 11.6. The molecule has 0 aliphatic carbocycles. The summed E-state index contributed by atoms with van der Waals surface area (Å²) in [6.45, 7) is 6.83. The molecule has 0 aromatic heterocycles. The van der Waals surface area contributed by atoms with E-state index < -0.39 is 0 Å². The van der Waals surface area contributed by atoms with Crippen LogP contribution in [0.1, 0.15) is 96.5 Å². The van der Waals surface area contributed by atoms with Crippen LogP contribution in [-0.2, 0) is 6.54 Å². The van der Waals surface area contributed by atoms with Gasteiger partial charge in [0.05, 0.1) is 0 Å². The standard InChI is InChI=1S/C25H42N2/c1-3-5-6-7-8-9-10-11-12-13-17-20-26-21-22-27(25(26)4-2)23-24-18-15-14-16-19-24/h14-16,18-19,21-22,25H,3-13,17,20,23H2,1-2H3. The number of rotatable bonds is 15. The number of hydrogen-bond acceptors (Lipinski definition) is 2. The van der Waals surface area contributed by atoms with Crippen molar-refractivity contribution in [1.29, 1.82) is 0 Å². The van der Waals surface area contributed by atoms with Crippen molar-refractivity contribution in [2.24, 2.45) is 0 Å². The number of benzene rings is 1. The van der Waals surface area contributed by atoms with E-state index in [1.807, 2.05) is 0 Å². The van der Waals surface area contributed by atoms with Crippen molar-refractivity contribution in [1.82, 2.24) is 9.80 Å². The summed E-state index contributed by atoms with van der Waals surface area (Å²) in [4.78, 5) is 5.05. The molecule has 0 radical (unpaired) electrons. The Morgan fingerprint density at radius 1 is 0.667 bits per heavy atom. The predicted octanol–water partition coefficient (Wildman–Crippen LogP) is 7.32. The number of hydrogen-bond donors (Lipinski definition) is 0. The van der Waals surface area contributed by atoms with E-state index in [1.165, 1.54) is 89.2 Å². The van der Waals surface area contributed by atoms with E-state index in [-0.39, 0.29) is 0 Å². The van der Waals surface area contributed by atoms with Crippen LogP contribution < -0.4 is 0 Å². The summed E-state index contributed by atoms with van der Waals surface area (Å²) < 4.78 is 0. The molecule has 0 fully saturated rings. The first kappa shape index (κ1) is 21.9.